The van der Waals surface area contributed by atoms with E-state index in [-0.39, 0.29) is 18.1 Å². The van der Waals surface area contributed by atoms with Crippen molar-refractivity contribution >= 4 is 15.7 Å². The highest BCUT2D eigenvalue weighted by Gasteiger charge is 2.40. The summed E-state index contributed by atoms with van der Waals surface area (Å²) in [5, 5.41) is 7.52. The Morgan fingerprint density at radius 3 is 2.16 bits per heavy atom. The molecule has 0 amide bonds. The number of aliphatic imine (C=N–C) groups is 1. The molecule has 0 N–H and O–H groups in total. The number of hydrogen-bond acceptors (Lipinski definition) is 5. The standard InChI is InChI=1S/C22H22F3N3O2S/c1-21(2)10-15(11-21)13-4-6-14(7-5-13)16-8-9-17(22(23,24)25)19(31(3,29)30)18(16)20-26-12-27-28-20/h4-9,15H,10-12H2,1-3H3. The Labute approximate surface area is 179 Å². The maximum atomic E-state index is 13.7. The van der Waals surface area contributed by atoms with E-state index in [2.05, 4.69) is 29.1 Å². The van der Waals surface area contributed by atoms with Crippen molar-refractivity contribution in [3.63, 3.8) is 0 Å². The van der Waals surface area contributed by atoms with E-state index in [1.54, 1.807) is 0 Å². The lowest BCUT2D eigenvalue weighted by molar-refractivity contribution is -0.139. The van der Waals surface area contributed by atoms with Crippen LogP contribution in [0.3, 0.4) is 0 Å². The molecule has 164 valence electrons. The van der Waals surface area contributed by atoms with Gasteiger partial charge < -0.3 is 0 Å². The maximum absolute atomic E-state index is 13.7. The Morgan fingerprint density at radius 2 is 1.68 bits per heavy atom. The summed E-state index contributed by atoms with van der Waals surface area (Å²) in [6.45, 7) is 4.39. The van der Waals surface area contributed by atoms with Crippen molar-refractivity contribution in [1.29, 1.82) is 0 Å². The van der Waals surface area contributed by atoms with Gasteiger partial charge in [0.2, 0.25) is 0 Å². The van der Waals surface area contributed by atoms with Gasteiger partial charge in [-0.15, -0.1) is 5.11 Å². The van der Waals surface area contributed by atoms with Gasteiger partial charge in [-0.2, -0.15) is 18.3 Å². The number of benzene rings is 2. The SMILES string of the molecule is CC1(C)CC(c2ccc(-c3ccc(C(F)(F)F)c(S(C)(=O)=O)c3C3=NCN=N3)cc2)C1. The molecule has 1 saturated carbocycles. The van der Waals surface area contributed by atoms with E-state index < -0.39 is 26.5 Å². The van der Waals surface area contributed by atoms with Gasteiger partial charge in [0.15, 0.2) is 22.3 Å². The Kier molecular flexibility index (Phi) is 5.07. The maximum Gasteiger partial charge on any atom is 0.417 e. The van der Waals surface area contributed by atoms with Gasteiger partial charge in [0.1, 0.15) is 0 Å². The van der Waals surface area contributed by atoms with E-state index in [0.29, 0.717) is 22.5 Å². The molecule has 0 unspecified atom stereocenters. The number of azo groups is 1. The molecule has 0 radical (unpaired) electrons. The number of rotatable bonds is 4. The van der Waals surface area contributed by atoms with Gasteiger partial charge >= 0.3 is 6.18 Å². The summed E-state index contributed by atoms with van der Waals surface area (Å²) in [5.74, 6) is 0.349. The zero-order valence-electron chi connectivity index (χ0n) is 17.4. The summed E-state index contributed by atoms with van der Waals surface area (Å²) in [4.78, 5) is 3.21. The minimum atomic E-state index is -4.84. The zero-order valence-corrected chi connectivity index (χ0v) is 18.2. The minimum Gasteiger partial charge on any atom is -0.239 e. The second-order valence-corrected chi connectivity index (χ2v) is 10.8. The summed E-state index contributed by atoms with van der Waals surface area (Å²) in [5.41, 5.74) is 1.02. The van der Waals surface area contributed by atoms with E-state index in [9.17, 15) is 21.6 Å². The molecule has 0 saturated heterocycles. The Hall–Kier alpha value is -2.55. The van der Waals surface area contributed by atoms with Crippen LogP contribution in [0.4, 0.5) is 13.2 Å². The molecule has 31 heavy (non-hydrogen) atoms. The van der Waals surface area contributed by atoms with Crippen LogP contribution in [0, 0.1) is 5.41 Å². The third-order valence-corrected chi connectivity index (χ3v) is 6.96. The molecule has 1 aliphatic heterocycles. The number of amidine groups is 1. The summed E-state index contributed by atoms with van der Waals surface area (Å²) in [6.07, 6.45) is -1.93. The van der Waals surface area contributed by atoms with E-state index in [1.165, 1.54) is 6.07 Å². The van der Waals surface area contributed by atoms with Gasteiger partial charge in [-0.3, -0.25) is 0 Å². The molecular formula is C22H22F3N3O2S. The van der Waals surface area contributed by atoms with Crippen LogP contribution in [0.25, 0.3) is 11.1 Å². The van der Waals surface area contributed by atoms with Crippen molar-refractivity contribution < 1.29 is 21.6 Å². The van der Waals surface area contributed by atoms with Crippen molar-refractivity contribution in [3.8, 4) is 11.1 Å². The topological polar surface area (TPSA) is 71.2 Å². The molecule has 1 fully saturated rings. The first-order valence-electron chi connectivity index (χ1n) is 9.84. The molecule has 1 heterocycles. The summed E-state index contributed by atoms with van der Waals surface area (Å²) >= 11 is 0. The monoisotopic (exact) mass is 449 g/mol. The number of alkyl halides is 3. The average Bonchev–Trinajstić information content (AvgIpc) is 3.18. The minimum absolute atomic E-state index is 0.0510. The Morgan fingerprint density at radius 1 is 1.03 bits per heavy atom. The molecule has 2 aliphatic rings. The van der Waals surface area contributed by atoms with Crippen LogP contribution in [0.1, 0.15) is 49.3 Å². The van der Waals surface area contributed by atoms with Gasteiger partial charge in [-0.1, -0.05) is 44.2 Å². The first-order chi connectivity index (χ1) is 14.4. The van der Waals surface area contributed by atoms with Crippen LogP contribution < -0.4 is 0 Å². The lowest BCUT2D eigenvalue weighted by atomic mass is 9.62. The predicted octanol–water partition coefficient (Wildman–Crippen LogP) is 5.85. The van der Waals surface area contributed by atoms with E-state index >= 15 is 0 Å². The van der Waals surface area contributed by atoms with Crippen LogP contribution in [-0.4, -0.2) is 27.2 Å². The first-order valence-corrected chi connectivity index (χ1v) is 11.7. The molecular weight excluding hydrogens is 427 g/mol. The van der Waals surface area contributed by atoms with Crippen molar-refractivity contribution in [3.05, 3.63) is 53.1 Å². The highest BCUT2D eigenvalue weighted by molar-refractivity contribution is 7.90. The van der Waals surface area contributed by atoms with Gasteiger partial charge in [0.25, 0.3) is 0 Å². The number of sulfone groups is 1. The molecule has 1 aliphatic carbocycles. The summed E-state index contributed by atoms with van der Waals surface area (Å²) < 4.78 is 66.0. The Bertz CT molecular complexity index is 1190. The normalized spacial score (nSPS) is 18.7. The molecule has 5 nitrogen and oxygen atoms in total. The van der Waals surface area contributed by atoms with Gasteiger partial charge in [-0.05, 0) is 46.9 Å². The van der Waals surface area contributed by atoms with Crippen LogP contribution in [0.15, 0.2) is 56.5 Å². The second kappa shape index (κ2) is 7.25. The number of hydrogen-bond donors (Lipinski definition) is 0. The smallest absolute Gasteiger partial charge is 0.239 e. The third-order valence-electron chi connectivity index (χ3n) is 5.80. The molecule has 4 rings (SSSR count). The quantitative estimate of drug-likeness (QED) is 0.587. The fourth-order valence-electron chi connectivity index (χ4n) is 4.46. The van der Waals surface area contributed by atoms with Crippen molar-refractivity contribution in [2.45, 2.75) is 43.7 Å². The molecule has 0 bridgehead atoms. The predicted molar refractivity (Wildman–Crippen MR) is 112 cm³/mol. The van der Waals surface area contributed by atoms with Crippen LogP contribution >= 0.6 is 0 Å². The fourth-order valence-corrected chi connectivity index (χ4v) is 5.61. The highest BCUT2D eigenvalue weighted by Crippen LogP contribution is 2.50. The third kappa shape index (κ3) is 4.15. The Balaban J connectivity index is 1.88. The molecule has 0 spiro atoms. The molecule has 2 aromatic rings. The van der Waals surface area contributed by atoms with E-state index in [1.807, 2.05) is 24.3 Å². The largest absolute Gasteiger partial charge is 0.417 e. The van der Waals surface area contributed by atoms with Gasteiger partial charge in [0.05, 0.1) is 10.5 Å². The van der Waals surface area contributed by atoms with Crippen LogP contribution in [0.5, 0.6) is 0 Å². The van der Waals surface area contributed by atoms with E-state index in [4.69, 9.17) is 0 Å². The number of halogens is 3. The highest BCUT2D eigenvalue weighted by atomic mass is 32.2. The van der Waals surface area contributed by atoms with E-state index in [0.717, 1.165) is 30.7 Å². The van der Waals surface area contributed by atoms with Crippen LogP contribution in [-0.2, 0) is 16.0 Å². The first kappa shape index (κ1) is 21.7. The molecule has 9 heteroatoms. The van der Waals surface area contributed by atoms with Gasteiger partial charge in [-0.25, -0.2) is 13.4 Å². The fraction of sp³-hybridized carbons (Fsp3) is 0.409. The van der Waals surface area contributed by atoms with Crippen molar-refractivity contribution in [2.24, 2.45) is 20.6 Å². The summed E-state index contributed by atoms with van der Waals surface area (Å²) in [7, 11) is -4.25. The van der Waals surface area contributed by atoms with Crippen LogP contribution in [0.2, 0.25) is 0 Å². The lowest BCUT2D eigenvalue weighted by Gasteiger charge is -2.43. The second-order valence-electron chi connectivity index (χ2n) is 8.89. The lowest BCUT2D eigenvalue weighted by Crippen LogP contribution is -2.29. The molecule has 2 aromatic carbocycles. The zero-order chi connectivity index (χ0) is 22.6. The van der Waals surface area contributed by atoms with Crippen molar-refractivity contribution in [2.75, 3.05) is 12.9 Å². The van der Waals surface area contributed by atoms with Crippen molar-refractivity contribution in [1.82, 2.24) is 0 Å². The molecule has 0 atom stereocenters. The van der Waals surface area contributed by atoms with Gasteiger partial charge in [0, 0.05) is 11.8 Å². The molecule has 0 aromatic heterocycles. The average molecular weight is 449 g/mol. The summed E-state index contributed by atoms with van der Waals surface area (Å²) in [6, 6.07) is 9.62. The number of nitrogens with zero attached hydrogens (tertiary/aromatic N) is 3.